The minimum absolute atomic E-state index is 0.00201. The van der Waals surface area contributed by atoms with Gasteiger partial charge in [0.1, 0.15) is 0 Å². The zero-order valence-corrected chi connectivity index (χ0v) is 18.5. The lowest BCUT2D eigenvalue weighted by Gasteiger charge is -2.27. The van der Waals surface area contributed by atoms with Crippen LogP contribution in [0.5, 0.6) is 0 Å². The normalized spacial score (nSPS) is 24.4. The van der Waals surface area contributed by atoms with Crippen molar-refractivity contribution in [2.45, 2.75) is 69.9 Å². The molecule has 1 aromatic rings. The third kappa shape index (κ3) is 4.64. The van der Waals surface area contributed by atoms with Crippen LogP contribution >= 0.6 is 0 Å². The summed E-state index contributed by atoms with van der Waals surface area (Å²) in [5, 5.41) is 2.97. The second kappa shape index (κ2) is 8.44. The summed E-state index contributed by atoms with van der Waals surface area (Å²) in [6.07, 6.45) is 4.68. The number of rotatable bonds is 5. The van der Waals surface area contributed by atoms with Gasteiger partial charge in [-0.1, -0.05) is 6.92 Å². The first-order valence-corrected chi connectivity index (χ1v) is 11.7. The van der Waals surface area contributed by atoms with E-state index in [2.05, 4.69) is 12.2 Å². The van der Waals surface area contributed by atoms with E-state index in [0.717, 1.165) is 41.2 Å². The van der Waals surface area contributed by atoms with Crippen LogP contribution in [0, 0.1) is 5.92 Å². The molecular formula is C21H31N3O4S. The zero-order valence-electron chi connectivity index (χ0n) is 17.6. The van der Waals surface area contributed by atoms with Crippen LogP contribution in [0.25, 0.3) is 0 Å². The van der Waals surface area contributed by atoms with Crippen LogP contribution in [0.15, 0.2) is 23.1 Å². The first-order valence-electron chi connectivity index (χ1n) is 10.3. The van der Waals surface area contributed by atoms with E-state index in [0.29, 0.717) is 12.3 Å². The molecule has 0 bridgehead atoms. The van der Waals surface area contributed by atoms with Crippen molar-refractivity contribution in [3.8, 4) is 0 Å². The minimum Gasteiger partial charge on any atom is -0.352 e. The quantitative estimate of drug-likeness (QED) is 0.790. The van der Waals surface area contributed by atoms with Crippen molar-refractivity contribution in [2.75, 3.05) is 18.5 Å². The van der Waals surface area contributed by atoms with Gasteiger partial charge in [0.05, 0.1) is 11.4 Å². The van der Waals surface area contributed by atoms with E-state index in [1.165, 1.54) is 20.0 Å². The molecule has 1 aliphatic heterocycles. The summed E-state index contributed by atoms with van der Waals surface area (Å²) < 4.78 is 27.0. The Balaban J connectivity index is 1.68. The highest BCUT2D eigenvalue weighted by Gasteiger charge is 2.31. The van der Waals surface area contributed by atoms with E-state index < -0.39 is 10.0 Å². The van der Waals surface area contributed by atoms with Gasteiger partial charge in [0.15, 0.2) is 0 Å². The van der Waals surface area contributed by atoms with Gasteiger partial charge in [-0.15, -0.1) is 0 Å². The summed E-state index contributed by atoms with van der Waals surface area (Å²) in [5.41, 5.74) is 1.60. The Morgan fingerprint density at radius 1 is 1.17 bits per heavy atom. The van der Waals surface area contributed by atoms with Crippen molar-refractivity contribution in [1.29, 1.82) is 0 Å². The lowest BCUT2D eigenvalue weighted by atomic mass is 9.87. The number of hydrogen-bond acceptors (Lipinski definition) is 4. The van der Waals surface area contributed by atoms with E-state index in [4.69, 9.17) is 0 Å². The lowest BCUT2D eigenvalue weighted by Crippen LogP contribution is -2.43. The number of amides is 2. The first kappa shape index (κ1) is 21.8. The summed E-state index contributed by atoms with van der Waals surface area (Å²) in [7, 11) is -2.37. The number of benzene rings is 1. The molecule has 8 heteroatoms. The molecule has 2 aliphatic rings. The second-order valence-electron chi connectivity index (χ2n) is 8.52. The number of hydrogen-bond donors (Lipinski definition) is 1. The molecule has 1 aromatic carbocycles. The molecule has 160 valence electrons. The van der Waals surface area contributed by atoms with Crippen LogP contribution in [0.2, 0.25) is 0 Å². The molecule has 2 amide bonds. The van der Waals surface area contributed by atoms with Crippen molar-refractivity contribution < 1.29 is 18.0 Å². The number of anilines is 1. The molecule has 0 unspecified atom stereocenters. The van der Waals surface area contributed by atoms with Crippen molar-refractivity contribution in [1.82, 2.24) is 9.62 Å². The highest BCUT2D eigenvalue weighted by Crippen LogP contribution is 2.34. The van der Waals surface area contributed by atoms with Crippen LogP contribution in [-0.2, 0) is 26.0 Å². The van der Waals surface area contributed by atoms with Gasteiger partial charge in [-0.25, -0.2) is 8.42 Å². The molecule has 1 aliphatic carbocycles. The summed E-state index contributed by atoms with van der Waals surface area (Å²) >= 11 is 0. The maximum atomic E-state index is 13.0. The van der Waals surface area contributed by atoms with E-state index in [1.54, 1.807) is 17.0 Å². The number of nitrogens with one attached hydrogen (secondary N) is 1. The fourth-order valence-corrected chi connectivity index (χ4v) is 5.57. The fraction of sp³-hybridized carbons (Fsp3) is 0.619. The van der Waals surface area contributed by atoms with E-state index >= 15 is 0 Å². The van der Waals surface area contributed by atoms with Gasteiger partial charge >= 0.3 is 0 Å². The number of fused-ring (bicyclic) bond motifs is 1. The van der Waals surface area contributed by atoms with Crippen molar-refractivity contribution in [3.63, 3.8) is 0 Å². The summed E-state index contributed by atoms with van der Waals surface area (Å²) in [6.45, 7) is 5.46. The lowest BCUT2D eigenvalue weighted by molar-refractivity contribution is -0.122. The highest BCUT2D eigenvalue weighted by molar-refractivity contribution is 7.89. The Morgan fingerprint density at radius 3 is 2.45 bits per heavy atom. The number of sulfonamides is 1. The Kier molecular flexibility index (Phi) is 6.33. The van der Waals surface area contributed by atoms with Crippen LogP contribution < -0.4 is 10.2 Å². The Morgan fingerprint density at radius 2 is 1.83 bits per heavy atom. The number of likely N-dealkylation sites (N-methyl/N-ethyl adjacent to an activating group) is 1. The van der Waals surface area contributed by atoms with E-state index in [-0.39, 0.29) is 35.3 Å². The maximum absolute atomic E-state index is 13.0. The van der Waals surface area contributed by atoms with Gasteiger partial charge in [-0.3, -0.25) is 9.59 Å². The van der Waals surface area contributed by atoms with Gasteiger partial charge in [0.25, 0.3) is 0 Å². The SMILES string of the molecule is CC(=O)N1c2ccc(S(=O)(=O)N(C)CC(=O)NC3CCC(C)CC3)cc2C[C@@H]1C. The number of nitrogens with zero attached hydrogens (tertiary/aromatic N) is 2. The number of carbonyl (C=O) groups excluding carboxylic acids is 2. The molecule has 1 heterocycles. The molecular weight excluding hydrogens is 390 g/mol. The standard InChI is InChI=1S/C21H31N3O4S/c1-14-5-7-18(8-6-14)22-21(26)13-23(4)29(27,28)19-9-10-20-17(12-19)11-15(2)24(20)16(3)25/h9-10,12,14-15,18H,5-8,11,13H2,1-4H3,(H,22,26)/t14?,15-,18?/m0/s1. The van der Waals surface area contributed by atoms with Crippen LogP contribution in [0.1, 0.15) is 52.0 Å². The molecule has 0 saturated heterocycles. The molecule has 1 N–H and O–H groups in total. The molecule has 7 nitrogen and oxygen atoms in total. The van der Waals surface area contributed by atoms with Crippen molar-refractivity contribution in [3.05, 3.63) is 23.8 Å². The predicted octanol–water partition coefficient (Wildman–Crippen LogP) is 2.30. The predicted molar refractivity (Wildman–Crippen MR) is 112 cm³/mol. The molecule has 0 aromatic heterocycles. The highest BCUT2D eigenvalue weighted by atomic mass is 32.2. The maximum Gasteiger partial charge on any atom is 0.243 e. The molecule has 1 fully saturated rings. The third-order valence-electron chi connectivity index (χ3n) is 6.06. The fourth-order valence-electron chi connectivity index (χ4n) is 4.39. The summed E-state index contributed by atoms with van der Waals surface area (Å²) in [5.74, 6) is 0.360. The molecule has 29 heavy (non-hydrogen) atoms. The average molecular weight is 422 g/mol. The van der Waals surface area contributed by atoms with Crippen molar-refractivity contribution >= 4 is 27.5 Å². The van der Waals surface area contributed by atoms with Gasteiger partial charge < -0.3 is 10.2 Å². The monoisotopic (exact) mass is 421 g/mol. The number of carbonyl (C=O) groups is 2. The van der Waals surface area contributed by atoms with Gasteiger partial charge in [-0.05, 0) is 68.7 Å². The molecule has 3 rings (SSSR count). The molecule has 0 radical (unpaired) electrons. The molecule has 0 spiro atoms. The van der Waals surface area contributed by atoms with Gasteiger partial charge in [-0.2, -0.15) is 4.31 Å². The van der Waals surface area contributed by atoms with Crippen LogP contribution in [-0.4, -0.2) is 50.2 Å². The molecule has 1 saturated carbocycles. The van der Waals surface area contributed by atoms with E-state index in [1.807, 2.05) is 6.92 Å². The molecule has 1 atom stereocenters. The average Bonchev–Trinajstić information content (AvgIpc) is 2.98. The largest absolute Gasteiger partial charge is 0.352 e. The van der Waals surface area contributed by atoms with E-state index in [9.17, 15) is 18.0 Å². The zero-order chi connectivity index (χ0) is 21.3. The van der Waals surface area contributed by atoms with Crippen LogP contribution in [0.4, 0.5) is 5.69 Å². The van der Waals surface area contributed by atoms with Gasteiger partial charge in [0, 0.05) is 31.7 Å². The first-order chi connectivity index (χ1) is 13.6. The van der Waals surface area contributed by atoms with Gasteiger partial charge in [0.2, 0.25) is 21.8 Å². The Hall–Kier alpha value is -1.93. The second-order valence-corrected chi connectivity index (χ2v) is 10.6. The van der Waals surface area contributed by atoms with Crippen LogP contribution in [0.3, 0.4) is 0 Å². The summed E-state index contributed by atoms with van der Waals surface area (Å²) in [6, 6.07) is 4.96. The minimum atomic E-state index is -3.79. The summed E-state index contributed by atoms with van der Waals surface area (Å²) in [4.78, 5) is 26.1. The topological polar surface area (TPSA) is 86.8 Å². The van der Waals surface area contributed by atoms with Crippen molar-refractivity contribution in [2.24, 2.45) is 5.92 Å². The third-order valence-corrected chi connectivity index (χ3v) is 7.86. The Labute approximate surface area is 173 Å². The Bertz CT molecular complexity index is 891. The smallest absolute Gasteiger partial charge is 0.243 e.